The number of aromatic nitrogens is 3. The number of anilines is 3. The van der Waals surface area contributed by atoms with Crippen LogP contribution in [0, 0.1) is 6.92 Å². The van der Waals surface area contributed by atoms with Crippen molar-refractivity contribution in [3.63, 3.8) is 0 Å². The van der Waals surface area contributed by atoms with E-state index in [0.29, 0.717) is 72.3 Å². The number of β-amino-alcohol motifs (C(OH)–C–C–N with tert-alkyl or cyclic N) is 1. The molecule has 16 nitrogen and oxygen atoms in total. The molecule has 3 aromatic carbocycles. The van der Waals surface area contributed by atoms with Crippen molar-refractivity contribution in [1.29, 1.82) is 0 Å². The molecule has 4 heterocycles. The zero-order chi connectivity index (χ0) is 51.9. The predicted molar refractivity (Wildman–Crippen MR) is 283 cm³/mol. The number of aryl methyl sites for hydroxylation is 1. The van der Waals surface area contributed by atoms with E-state index in [4.69, 9.17) is 16.3 Å². The number of thiazole rings is 1. The van der Waals surface area contributed by atoms with Crippen LogP contribution in [-0.4, -0.2) is 134 Å². The van der Waals surface area contributed by atoms with Crippen LogP contribution in [0.3, 0.4) is 0 Å². The number of nitrogens with zero attached hydrogens (tertiary/aromatic N) is 6. The number of rotatable bonds is 19. The molecule has 0 saturated carbocycles. The Morgan fingerprint density at radius 3 is 2.32 bits per heavy atom. The molecule has 0 bridgehead atoms. The summed E-state index contributed by atoms with van der Waals surface area (Å²) in [5, 5.41) is 23.1. The van der Waals surface area contributed by atoms with Crippen LogP contribution in [0.15, 0.2) is 78.4 Å². The number of methoxy groups -OCH3 is 1. The molecule has 5 N–H and O–H groups in total. The Kier molecular flexibility index (Phi) is 17.5. The van der Waals surface area contributed by atoms with Gasteiger partial charge in [0.25, 0.3) is 11.8 Å². The van der Waals surface area contributed by atoms with E-state index in [1.54, 1.807) is 49.0 Å². The fraction of sp³-hybridized carbons (Fsp3) is 0.442. The standard InChI is InChI=1S/C52H64ClFN10O6S2/c1-9-52(6,54)49(69)60-44(48(68)64-28-38(65)25-41(64)46(66)58-31(2)35-14-16-36(17-15-35)43-32(3)57-30-71-43)51(4,5)72-29-34-12-10-33(11-13-34)27-62-20-22-63(23-21-62)47(67)37-18-19-40(42(24-37)70-8)59-50-56-26-39(53)45(55-7)61-50/h10-19,24,26,30-31,38,41,44,65H,9,20-23,25,27-29H2,1-8H3,(H,58,66)(H,60,69)(H2,55,56,59,61)/t31-,38+,41-,44+,52?/m0/s1. The number of aliphatic hydroxyl groups is 1. The minimum Gasteiger partial charge on any atom is -0.495 e. The average molecular weight is 1040 g/mol. The predicted octanol–water partition coefficient (Wildman–Crippen LogP) is 7.79. The van der Waals surface area contributed by atoms with Crippen molar-refractivity contribution in [2.24, 2.45) is 0 Å². The number of aliphatic hydroxyl groups excluding tert-OH is 1. The molecule has 2 aliphatic rings. The molecule has 5 aromatic rings. The number of ether oxygens (including phenoxy) is 1. The maximum absolute atomic E-state index is 15.5. The third-order valence-electron chi connectivity index (χ3n) is 13.4. The Labute approximate surface area is 433 Å². The molecule has 384 valence electrons. The summed E-state index contributed by atoms with van der Waals surface area (Å²) in [6.45, 7) is 13.3. The molecule has 0 spiro atoms. The highest BCUT2D eigenvalue weighted by Gasteiger charge is 2.48. The Balaban J connectivity index is 0.945. The summed E-state index contributed by atoms with van der Waals surface area (Å²) >= 11 is 9.12. The lowest BCUT2D eigenvalue weighted by Crippen LogP contribution is -2.61. The minimum absolute atomic E-state index is 0.0163. The number of benzene rings is 3. The van der Waals surface area contributed by atoms with Crippen molar-refractivity contribution in [1.82, 2.24) is 40.3 Å². The van der Waals surface area contributed by atoms with Crippen LogP contribution >= 0.6 is 34.7 Å². The molecule has 20 heteroatoms. The number of likely N-dealkylation sites (tertiary alicyclic amines) is 1. The molecule has 2 aliphatic heterocycles. The molecule has 0 aliphatic carbocycles. The van der Waals surface area contributed by atoms with E-state index in [1.807, 2.05) is 69.0 Å². The fourth-order valence-corrected chi connectivity index (χ4v) is 10.7. The Bertz CT molecular complexity index is 2720. The second-order valence-corrected chi connectivity index (χ2v) is 21.8. The molecule has 2 saturated heterocycles. The first kappa shape index (κ1) is 53.9. The first-order valence-electron chi connectivity index (χ1n) is 24.0. The van der Waals surface area contributed by atoms with Crippen molar-refractivity contribution in [3.05, 3.63) is 111 Å². The normalized spacial score (nSPS) is 17.9. The van der Waals surface area contributed by atoms with Gasteiger partial charge in [-0.3, -0.25) is 24.1 Å². The van der Waals surface area contributed by atoms with Crippen LogP contribution < -0.4 is 26.0 Å². The summed E-state index contributed by atoms with van der Waals surface area (Å²) in [5.41, 5.74) is 5.57. The highest BCUT2D eigenvalue weighted by Crippen LogP contribution is 2.36. The monoisotopic (exact) mass is 1040 g/mol. The lowest BCUT2D eigenvalue weighted by Gasteiger charge is -2.38. The molecule has 4 amide bonds. The molecule has 7 rings (SSSR count). The van der Waals surface area contributed by atoms with Crippen LogP contribution in [0.2, 0.25) is 5.02 Å². The number of halogens is 2. The fourth-order valence-electron chi connectivity index (χ4n) is 8.64. The van der Waals surface area contributed by atoms with E-state index in [2.05, 4.69) is 53.3 Å². The minimum atomic E-state index is -2.24. The largest absolute Gasteiger partial charge is 0.495 e. The van der Waals surface area contributed by atoms with Crippen molar-refractivity contribution in [2.45, 2.75) is 101 Å². The van der Waals surface area contributed by atoms with E-state index in [1.165, 1.54) is 36.9 Å². The van der Waals surface area contributed by atoms with Crippen LogP contribution in [-0.2, 0) is 26.7 Å². The summed E-state index contributed by atoms with van der Waals surface area (Å²) in [5.74, 6) is -0.288. The summed E-state index contributed by atoms with van der Waals surface area (Å²) in [6.07, 6.45) is 0.438. The number of alkyl halides is 1. The summed E-state index contributed by atoms with van der Waals surface area (Å²) in [7, 11) is 3.25. The topological polar surface area (TPSA) is 194 Å². The van der Waals surface area contributed by atoms with Gasteiger partial charge in [-0.2, -0.15) is 4.98 Å². The second kappa shape index (κ2) is 23.3. The van der Waals surface area contributed by atoms with Gasteiger partial charge in [-0.1, -0.05) is 67.1 Å². The van der Waals surface area contributed by atoms with Gasteiger partial charge in [0.15, 0.2) is 5.67 Å². The van der Waals surface area contributed by atoms with Gasteiger partial charge in [-0.25, -0.2) is 14.4 Å². The SMILES string of the molecule is CCC(C)(F)C(=O)N[C@H](C(=O)N1C[C@H](O)C[C@H]1C(=O)N[C@@H](C)c1ccc(-c2scnc2C)cc1)C(C)(C)SCc1ccc(CN2CCN(C(=O)c3ccc(Nc4ncc(Cl)c(NC)n4)c(OC)c3)CC2)cc1. The molecule has 2 aromatic heterocycles. The number of nitrogens with one attached hydrogen (secondary N) is 4. The van der Waals surface area contributed by atoms with Gasteiger partial charge in [0, 0.05) is 68.8 Å². The summed E-state index contributed by atoms with van der Waals surface area (Å²) in [4.78, 5) is 75.1. The highest BCUT2D eigenvalue weighted by atomic mass is 35.5. The summed E-state index contributed by atoms with van der Waals surface area (Å²) in [6, 6.07) is 18.6. The van der Waals surface area contributed by atoms with E-state index in [-0.39, 0.29) is 25.3 Å². The molecular formula is C52H64ClFN10O6S2. The zero-order valence-electron chi connectivity index (χ0n) is 41.9. The van der Waals surface area contributed by atoms with Gasteiger partial charge in [-0.05, 0) is 81.5 Å². The van der Waals surface area contributed by atoms with Gasteiger partial charge in [0.05, 0.1) is 47.2 Å². The van der Waals surface area contributed by atoms with Gasteiger partial charge in [0.1, 0.15) is 28.7 Å². The van der Waals surface area contributed by atoms with E-state index < -0.39 is 52.4 Å². The smallest absolute Gasteiger partial charge is 0.258 e. The summed E-state index contributed by atoms with van der Waals surface area (Å²) < 4.78 is 20.1. The van der Waals surface area contributed by atoms with E-state index >= 15 is 4.39 Å². The molecule has 1 unspecified atom stereocenters. The Morgan fingerprint density at radius 1 is 0.986 bits per heavy atom. The number of carbonyl (C=O) groups is 4. The number of hydrogen-bond acceptors (Lipinski definition) is 14. The van der Waals surface area contributed by atoms with Crippen molar-refractivity contribution in [3.8, 4) is 16.2 Å². The number of piperazine rings is 1. The number of amides is 4. The van der Waals surface area contributed by atoms with Crippen LogP contribution in [0.25, 0.3) is 10.4 Å². The lowest BCUT2D eigenvalue weighted by atomic mass is 9.98. The maximum atomic E-state index is 15.5. The Morgan fingerprint density at radius 2 is 1.68 bits per heavy atom. The molecule has 0 radical (unpaired) electrons. The number of thioether (sulfide) groups is 1. The highest BCUT2D eigenvalue weighted by molar-refractivity contribution is 7.99. The zero-order valence-corrected chi connectivity index (χ0v) is 44.3. The van der Waals surface area contributed by atoms with Crippen LogP contribution in [0.5, 0.6) is 5.75 Å². The van der Waals surface area contributed by atoms with Crippen LogP contribution in [0.4, 0.5) is 21.8 Å². The lowest BCUT2D eigenvalue weighted by molar-refractivity contribution is -0.144. The van der Waals surface area contributed by atoms with Crippen molar-refractivity contribution >= 4 is 75.8 Å². The molecule has 72 heavy (non-hydrogen) atoms. The van der Waals surface area contributed by atoms with Gasteiger partial charge >= 0.3 is 0 Å². The second-order valence-electron chi connectivity index (χ2n) is 18.9. The van der Waals surface area contributed by atoms with Crippen molar-refractivity contribution in [2.75, 3.05) is 57.5 Å². The van der Waals surface area contributed by atoms with E-state index in [9.17, 15) is 24.3 Å². The average Bonchev–Trinajstić information content (AvgIpc) is 4.00. The maximum Gasteiger partial charge on any atom is 0.258 e. The number of hydrogen-bond donors (Lipinski definition) is 5. The third-order valence-corrected chi connectivity index (χ3v) is 16.1. The molecule has 5 atom stereocenters. The Hall–Kier alpha value is -5.86. The molecular weight excluding hydrogens is 979 g/mol. The van der Waals surface area contributed by atoms with E-state index in [0.717, 1.165) is 32.8 Å². The molecule has 2 fully saturated rings. The van der Waals surface area contributed by atoms with Gasteiger partial charge in [-0.15, -0.1) is 23.1 Å². The van der Waals surface area contributed by atoms with Gasteiger partial charge < -0.3 is 40.9 Å². The van der Waals surface area contributed by atoms with Crippen LogP contribution in [0.1, 0.15) is 86.2 Å². The van der Waals surface area contributed by atoms with Crippen molar-refractivity contribution < 1.29 is 33.4 Å². The quantitative estimate of drug-likeness (QED) is 0.0539. The first-order valence-corrected chi connectivity index (χ1v) is 26.2. The number of carbonyl (C=O) groups excluding carboxylic acids is 4. The van der Waals surface area contributed by atoms with Gasteiger partial charge in [0.2, 0.25) is 17.8 Å². The first-order chi connectivity index (χ1) is 34.3. The third kappa shape index (κ3) is 12.8.